The second-order valence-corrected chi connectivity index (χ2v) is 7.88. The standard InChI is InChI=1S/C18H21FN2O3S/c1-14-7-8-15(19)13-18(14)25(22,23)21-11-9-20(10-12-21)16-5-3-4-6-17(16)24-2/h3-8,13H,9-12H2,1-2H3. The van der Waals surface area contributed by atoms with Gasteiger partial charge in [0.05, 0.1) is 17.7 Å². The molecule has 1 saturated heterocycles. The molecule has 0 aromatic heterocycles. The highest BCUT2D eigenvalue weighted by molar-refractivity contribution is 7.89. The minimum atomic E-state index is -3.70. The molecule has 0 radical (unpaired) electrons. The van der Waals surface area contributed by atoms with E-state index >= 15 is 0 Å². The first-order valence-electron chi connectivity index (χ1n) is 8.08. The Kier molecular flexibility index (Phi) is 4.96. The molecule has 0 unspecified atom stereocenters. The number of hydrogen-bond acceptors (Lipinski definition) is 4. The maximum absolute atomic E-state index is 13.5. The predicted octanol–water partition coefficient (Wildman–Crippen LogP) is 2.65. The molecule has 2 aromatic carbocycles. The molecule has 2 aromatic rings. The fraction of sp³-hybridized carbons (Fsp3) is 0.333. The largest absolute Gasteiger partial charge is 0.495 e. The van der Waals surface area contributed by atoms with E-state index in [1.165, 1.54) is 16.4 Å². The highest BCUT2D eigenvalue weighted by Crippen LogP contribution is 2.29. The van der Waals surface area contributed by atoms with Crippen molar-refractivity contribution in [1.29, 1.82) is 0 Å². The van der Waals surface area contributed by atoms with Crippen LogP contribution in [0.25, 0.3) is 0 Å². The lowest BCUT2D eigenvalue weighted by molar-refractivity contribution is 0.378. The van der Waals surface area contributed by atoms with Gasteiger partial charge in [0, 0.05) is 26.2 Å². The fourth-order valence-corrected chi connectivity index (χ4v) is 4.71. The number of hydrogen-bond donors (Lipinski definition) is 0. The van der Waals surface area contributed by atoms with Gasteiger partial charge >= 0.3 is 0 Å². The van der Waals surface area contributed by atoms with Gasteiger partial charge in [0.1, 0.15) is 11.6 Å². The zero-order valence-electron chi connectivity index (χ0n) is 14.3. The minimum absolute atomic E-state index is 0.0400. The third-order valence-electron chi connectivity index (χ3n) is 4.43. The molecular formula is C18H21FN2O3S. The van der Waals surface area contributed by atoms with Crippen molar-refractivity contribution >= 4 is 15.7 Å². The van der Waals surface area contributed by atoms with E-state index in [1.807, 2.05) is 24.3 Å². The molecule has 0 amide bonds. The zero-order valence-corrected chi connectivity index (χ0v) is 15.1. The van der Waals surface area contributed by atoms with Crippen LogP contribution in [0, 0.1) is 12.7 Å². The van der Waals surface area contributed by atoms with Crippen molar-refractivity contribution < 1.29 is 17.5 Å². The SMILES string of the molecule is COc1ccccc1N1CCN(S(=O)(=O)c2cc(F)ccc2C)CC1. The van der Waals surface area contributed by atoms with E-state index in [-0.39, 0.29) is 4.90 Å². The second-order valence-electron chi connectivity index (χ2n) is 5.97. The van der Waals surface area contributed by atoms with Crippen molar-refractivity contribution in [1.82, 2.24) is 4.31 Å². The summed E-state index contributed by atoms with van der Waals surface area (Å²) in [5.74, 6) is 0.219. The number of para-hydroxylation sites is 2. The fourth-order valence-electron chi connectivity index (χ4n) is 3.05. The molecule has 1 fully saturated rings. The molecule has 5 nitrogen and oxygen atoms in total. The highest BCUT2D eigenvalue weighted by Gasteiger charge is 2.30. The average molecular weight is 364 g/mol. The van der Waals surface area contributed by atoms with Gasteiger partial charge in [-0.3, -0.25) is 0 Å². The highest BCUT2D eigenvalue weighted by atomic mass is 32.2. The van der Waals surface area contributed by atoms with Gasteiger partial charge in [-0.15, -0.1) is 0 Å². The van der Waals surface area contributed by atoms with Crippen molar-refractivity contribution in [3.8, 4) is 5.75 Å². The van der Waals surface area contributed by atoms with Gasteiger partial charge in [-0.05, 0) is 36.8 Å². The van der Waals surface area contributed by atoms with Crippen molar-refractivity contribution in [3.05, 3.63) is 53.8 Å². The van der Waals surface area contributed by atoms with Crippen LogP contribution in [0.5, 0.6) is 5.75 Å². The number of ether oxygens (including phenoxy) is 1. The number of rotatable bonds is 4. The average Bonchev–Trinajstić information content (AvgIpc) is 2.63. The Labute approximate surface area is 147 Å². The van der Waals surface area contributed by atoms with E-state index in [4.69, 9.17) is 4.74 Å². The molecule has 1 aliphatic heterocycles. The van der Waals surface area contributed by atoms with E-state index in [9.17, 15) is 12.8 Å². The molecule has 0 spiro atoms. The first-order valence-corrected chi connectivity index (χ1v) is 9.52. The monoisotopic (exact) mass is 364 g/mol. The summed E-state index contributed by atoms with van der Waals surface area (Å²) in [6, 6.07) is 11.5. The van der Waals surface area contributed by atoms with E-state index < -0.39 is 15.8 Å². The molecule has 0 atom stereocenters. The third-order valence-corrected chi connectivity index (χ3v) is 6.47. The number of sulfonamides is 1. The summed E-state index contributed by atoms with van der Waals surface area (Å²) in [5, 5.41) is 0. The summed E-state index contributed by atoms with van der Waals surface area (Å²) in [5.41, 5.74) is 1.50. The molecule has 0 N–H and O–H groups in total. The number of anilines is 1. The van der Waals surface area contributed by atoms with Crippen LogP contribution < -0.4 is 9.64 Å². The van der Waals surface area contributed by atoms with Crippen LogP contribution in [0.15, 0.2) is 47.4 Å². The number of methoxy groups -OCH3 is 1. The molecule has 25 heavy (non-hydrogen) atoms. The maximum Gasteiger partial charge on any atom is 0.243 e. The van der Waals surface area contributed by atoms with Crippen LogP contribution in [0.1, 0.15) is 5.56 Å². The molecule has 0 aliphatic carbocycles. The summed E-state index contributed by atoms with van der Waals surface area (Å²) in [4.78, 5) is 2.14. The lowest BCUT2D eigenvalue weighted by Crippen LogP contribution is -2.48. The number of halogens is 1. The van der Waals surface area contributed by atoms with Crippen LogP contribution in [0.2, 0.25) is 0 Å². The molecule has 3 rings (SSSR count). The first kappa shape index (κ1) is 17.7. The van der Waals surface area contributed by atoms with Gasteiger partial charge in [0.2, 0.25) is 10.0 Å². The van der Waals surface area contributed by atoms with Crippen molar-refractivity contribution in [2.45, 2.75) is 11.8 Å². The van der Waals surface area contributed by atoms with Gasteiger partial charge < -0.3 is 9.64 Å². The van der Waals surface area contributed by atoms with E-state index in [0.717, 1.165) is 17.5 Å². The normalized spacial score (nSPS) is 16.0. The quantitative estimate of drug-likeness (QED) is 0.837. The Bertz CT molecular complexity index is 862. The van der Waals surface area contributed by atoms with Crippen LogP contribution in [0.3, 0.4) is 0 Å². The summed E-state index contributed by atoms with van der Waals surface area (Å²) in [6.45, 7) is 3.46. The summed E-state index contributed by atoms with van der Waals surface area (Å²) in [7, 11) is -2.08. The minimum Gasteiger partial charge on any atom is -0.495 e. The summed E-state index contributed by atoms with van der Waals surface area (Å²) >= 11 is 0. The molecular weight excluding hydrogens is 343 g/mol. The van der Waals surface area contributed by atoms with E-state index in [2.05, 4.69) is 4.90 Å². The van der Waals surface area contributed by atoms with E-state index in [1.54, 1.807) is 14.0 Å². The van der Waals surface area contributed by atoms with Crippen LogP contribution in [0.4, 0.5) is 10.1 Å². The van der Waals surface area contributed by atoms with Crippen molar-refractivity contribution in [3.63, 3.8) is 0 Å². The van der Waals surface area contributed by atoms with Gasteiger partial charge in [-0.25, -0.2) is 12.8 Å². The Hall–Kier alpha value is -2.12. The molecule has 0 bridgehead atoms. The molecule has 7 heteroatoms. The third kappa shape index (κ3) is 3.48. The Balaban J connectivity index is 1.79. The molecule has 1 heterocycles. The van der Waals surface area contributed by atoms with Crippen LogP contribution in [-0.4, -0.2) is 46.0 Å². The zero-order chi connectivity index (χ0) is 18.0. The second kappa shape index (κ2) is 7.01. The predicted molar refractivity (Wildman–Crippen MR) is 95.1 cm³/mol. The molecule has 1 aliphatic rings. The van der Waals surface area contributed by atoms with Crippen LogP contribution in [-0.2, 0) is 10.0 Å². The lowest BCUT2D eigenvalue weighted by Gasteiger charge is -2.36. The van der Waals surface area contributed by atoms with Crippen molar-refractivity contribution in [2.24, 2.45) is 0 Å². The lowest BCUT2D eigenvalue weighted by atomic mass is 10.2. The first-order chi connectivity index (χ1) is 11.9. The maximum atomic E-state index is 13.5. The number of nitrogens with zero attached hydrogens (tertiary/aromatic N) is 2. The van der Waals surface area contributed by atoms with Gasteiger partial charge in [0.25, 0.3) is 0 Å². The number of aryl methyl sites for hydroxylation is 1. The van der Waals surface area contributed by atoms with Gasteiger partial charge in [-0.1, -0.05) is 18.2 Å². The molecule has 0 saturated carbocycles. The Morgan fingerprint density at radius 2 is 1.72 bits per heavy atom. The van der Waals surface area contributed by atoms with Gasteiger partial charge in [0.15, 0.2) is 0 Å². The smallest absolute Gasteiger partial charge is 0.243 e. The topological polar surface area (TPSA) is 49.9 Å². The Morgan fingerprint density at radius 3 is 2.40 bits per heavy atom. The van der Waals surface area contributed by atoms with E-state index in [0.29, 0.717) is 31.7 Å². The van der Waals surface area contributed by atoms with Crippen LogP contribution >= 0.6 is 0 Å². The molecule has 134 valence electrons. The summed E-state index contributed by atoms with van der Waals surface area (Å²) < 4.78 is 46.0. The van der Waals surface area contributed by atoms with Gasteiger partial charge in [-0.2, -0.15) is 4.31 Å². The number of benzene rings is 2. The Morgan fingerprint density at radius 1 is 1.04 bits per heavy atom. The van der Waals surface area contributed by atoms with Crippen molar-refractivity contribution in [2.75, 3.05) is 38.2 Å². The number of piperazine rings is 1. The summed E-state index contributed by atoms with van der Waals surface area (Å²) in [6.07, 6.45) is 0.